The van der Waals surface area contributed by atoms with Gasteiger partial charge in [0.05, 0.1) is 11.9 Å². The molecule has 5 nitrogen and oxygen atoms in total. The maximum atomic E-state index is 11.9. The SMILES string of the molecule is CS(=O)(=O)N1C[C@H](CCCC(=O)O)Cc2ccccc21. The van der Waals surface area contributed by atoms with Gasteiger partial charge in [-0.3, -0.25) is 9.10 Å². The second-order valence-electron chi connectivity index (χ2n) is 5.28. The molecule has 0 bridgehead atoms. The van der Waals surface area contributed by atoms with E-state index in [-0.39, 0.29) is 12.3 Å². The Labute approximate surface area is 119 Å². The Kier molecular flexibility index (Phi) is 4.32. The van der Waals surface area contributed by atoms with Gasteiger partial charge in [0.2, 0.25) is 10.0 Å². The fourth-order valence-electron chi connectivity index (χ4n) is 2.68. The predicted octanol–water partition coefficient (Wildman–Crippen LogP) is 1.88. The Hall–Kier alpha value is -1.56. The number of carboxylic acid groups (broad SMARTS) is 1. The lowest BCUT2D eigenvalue weighted by Gasteiger charge is -2.34. The first-order valence-electron chi connectivity index (χ1n) is 6.65. The molecule has 1 atom stereocenters. The third kappa shape index (κ3) is 3.50. The summed E-state index contributed by atoms with van der Waals surface area (Å²) >= 11 is 0. The summed E-state index contributed by atoms with van der Waals surface area (Å²) in [4.78, 5) is 10.6. The summed E-state index contributed by atoms with van der Waals surface area (Å²) in [5.41, 5.74) is 1.77. The minimum absolute atomic E-state index is 0.136. The number of aliphatic carboxylic acids is 1. The average Bonchev–Trinajstić information content (AvgIpc) is 2.36. The molecular formula is C14H19NO4S. The van der Waals surface area contributed by atoms with E-state index in [2.05, 4.69) is 0 Å². The summed E-state index contributed by atoms with van der Waals surface area (Å²) in [6, 6.07) is 7.50. The summed E-state index contributed by atoms with van der Waals surface area (Å²) in [6.45, 7) is 0.440. The largest absolute Gasteiger partial charge is 0.481 e. The Morgan fingerprint density at radius 1 is 1.40 bits per heavy atom. The van der Waals surface area contributed by atoms with E-state index in [1.54, 1.807) is 0 Å². The van der Waals surface area contributed by atoms with Crippen LogP contribution in [-0.2, 0) is 21.2 Å². The van der Waals surface area contributed by atoms with Gasteiger partial charge in [-0.25, -0.2) is 8.42 Å². The monoisotopic (exact) mass is 297 g/mol. The van der Waals surface area contributed by atoms with Crippen LogP contribution in [-0.4, -0.2) is 32.3 Å². The fraction of sp³-hybridized carbons (Fsp3) is 0.500. The molecule has 0 spiro atoms. The summed E-state index contributed by atoms with van der Waals surface area (Å²) in [5, 5.41) is 8.68. The number of rotatable bonds is 5. The van der Waals surface area contributed by atoms with Gasteiger partial charge in [0, 0.05) is 13.0 Å². The number of benzene rings is 1. The normalized spacial score (nSPS) is 18.6. The Morgan fingerprint density at radius 2 is 2.10 bits per heavy atom. The molecule has 0 radical (unpaired) electrons. The highest BCUT2D eigenvalue weighted by Gasteiger charge is 2.29. The number of hydrogen-bond acceptors (Lipinski definition) is 3. The molecule has 0 unspecified atom stereocenters. The van der Waals surface area contributed by atoms with Gasteiger partial charge in [0.1, 0.15) is 0 Å². The van der Waals surface area contributed by atoms with Crippen LogP contribution in [0.2, 0.25) is 0 Å². The fourth-order valence-corrected chi connectivity index (χ4v) is 3.70. The second-order valence-corrected chi connectivity index (χ2v) is 7.19. The van der Waals surface area contributed by atoms with Crippen molar-refractivity contribution >= 4 is 21.7 Å². The first-order chi connectivity index (χ1) is 9.38. The molecule has 0 aliphatic carbocycles. The van der Waals surface area contributed by atoms with E-state index in [1.807, 2.05) is 24.3 Å². The molecule has 0 amide bonds. The van der Waals surface area contributed by atoms with Crippen LogP contribution >= 0.6 is 0 Å². The highest BCUT2D eigenvalue weighted by molar-refractivity contribution is 7.92. The number of sulfonamides is 1. The Balaban J connectivity index is 2.16. The first kappa shape index (κ1) is 14.8. The van der Waals surface area contributed by atoms with Crippen molar-refractivity contribution in [1.82, 2.24) is 0 Å². The molecule has 1 aliphatic rings. The van der Waals surface area contributed by atoms with Crippen molar-refractivity contribution in [3.63, 3.8) is 0 Å². The van der Waals surface area contributed by atoms with Gasteiger partial charge in [-0.05, 0) is 36.8 Å². The molecule has 1 aliphatic heterocycles. The Bertz CT molecular complexity index is 597. The minimum atomic E-state index is -3.30. The zero-order chi connectivity index (χ0) is 14.8. The summed E-state index contributed by atoms with van der Waals surface area (Å²) in [7, 11) is -3.30. The van der Waals surface area contributed by atoms with Gasteiger partial charge < -0.3 is 5.11 Å². The van der Waals surface area contributed by atoms with Crippen LogP contribution in [0.1, 0.15) is 24.8 Å². The van der Waals surface area contributed by atoms with Crippen molar-refractivity contribution in [1.29, 1.82) is 0 Å². The zero-order valence-corrected chi connectivity index (χ0v) is 12.3. The molecule has 1 aromatic rings. The van der Waals surface area contributed by atoms with Crippen LogP contribution in [0.15, 0.2) is 24.3 Å². The molecule has 1 N–H and O–H groups in total. The standard InChI is InChI=1S/C14H19NO4S/c1-20(18,19)15-10-11(5-4-8-14(16)17)9-12-6-2-3-7-13(12)15/h2-3,6-7,11H,4-5,8-10H2,1H3,(H,16,17)/t11-/m1/s1. The molecule has 110 valence electrons. The van der Waals surface area contributed by atoms with E-state index in [0.717, 1.165) is 24.1 Å². The maximum absolute atomic E-state index is 11.9. The van der Waals surface area contributed by atoms with Crippen molar-refractivity contribution in [2.75, 3.05) is 17.1 Å². The van der Waals surface area contributed by atoms with E-state index in [0.29, 0.717) is 13.0 Å². The van der Waals surface area contributed by atoms with E-state index in [1.165, 1.54) is 10.6 Å². The number of carboxylic acids is 1. The van der Waals surface area contributed by atoms with E-state index in [9.17, 15) is 13.2 Å². The molecule has 0 fully saturated rings. The minimum Gasteiger partial charge on any atom is -0.481 e. The molecule has 0 aromatic heterocycles. The second kappa shape index (κ2) is 5.83. The molecule has 6 heteroatoms. The smallest absolute Gasteiger partial charge is 0.303 e. The van der Waals surface area contributed by atoms with Crippen LogP contribution in [0.5, 0.6) is 0 Å². The van der Waals surface area contributed by atoms with Gasteiger partial charge in [0.15, 0.2) is 0 Å². The van der Waals surface area contributed by atoms with Gasteiger partial charge in [-0.15, -0.1) is 0 Å². The number of hydrogen-bond donors (Lipinski definition) is 1. The van der Waals surface area contributed by atoms with Crippen LogP contribution in [0, 0.1) is 5.92 Å². The number of anilines is 1. The maximum Gasteiger partial charge on any atom is 0.303 e. The van der Waals surface area contributed by atoms with Gasteiger partial charge in [-0.1, -0.05) is 18.2 Å². The molecule has 1 heterocycles. The Morgan fingerprint density at radius 3 is 2.75 bits per heavy atom. The van der Waals surface area contributed by atoms with E-state index in [4.69, 9.17) is 5.11 Å². The molecule has 2 rings (SSSR count). The first-order valence-corrected chi connectivity index (χ1v) is 8.50. The lowest BCUT2D eigenvalue weighted by Crippen LogP contribution is -2.39. The lowest BCUT2D eigenvalue weighted by molar-refractivity contribution is -0.137. The quantitative estimate of drug-likeness (QED) is 0.900. The number of fused-ring (bicyclic) bond motifs is 1. The van der Waals surface area contributed by atoms with Crippen LogP contribution < -0.4 is 4.31 Å². The van der Waals surface area contributed by atoms with Crippen molar-refractivity contribution < 1.29 is 18.3 Å². The highest BCUT2D eigenvalue weighted by Crippen LogP contribution is 2.33. The van der Waals surface area contributed by atoms with Gasteiger partial charge in [-0.2, -0.15) is 0 Å². The predicted molar refractivity (Wildman–Crippen MR) is 77.3 cm³/mol. The van der Waals surface area contributed by atoms with E-state index >= 15 is 0 Å². The van der Waals surface area contributed by atoms with Crippen molar-refractivity contribution in [2.45, 2.75) is 25.7 Å². The summed E-state index contributed by atoms with van der Waals surface area (Å²) in [6.07, 6.45) is 3.47. The van der Waals surface area contributed by atoms with Crippen LogP contribution in [0.25, 0.3) is 0 Å². The summed E-state index contributed by atoms with van der Waals surface area (Å²) in [5.74, 6) is -0.625. The van der Waals surface area contributed by atoms with Crippen molar-refractivity contribution in [3.05, 3.63) is 29.8 Å². The molecular weight excluding hydrogens is 278 g/mol. The van der Waals surface area contributed by atoms with Gasteiger partial charge in [0.25, 0.3) is 0 Å². The molecule has 0 saturated carbocycles. The van der Waals surface area contributed by atoms with Gasteiger partial charge >= 0.3 is 5.97 Å². The lowest BCUT2D eigenvalue weighted by atomic mass is 9.90. The van der Waals surface area contributed by atoms with Crippen molar-refractivity contribution in [3.8, 4) is 0 Å². The van der Waals surface area contributed by atoms with E-state index < -0.39 is 16.0 Å². The number of para-hydroxylation sites is 1. The van der Waals surface area contributed by atoms with Crippen LogP contribution in [0.3, 0.4) is 0 Å². The number of nitrogens with zero attached hydrogens (tertiary/aromatic N) is 1. The topological polar surface area (TPSA) is 74.7 Å². The molecule has 0 saturated heterocycles. The van der Waals surface area contributed by atoms with Crippen molar-refractivity contribution in [2.24, 2.45) is 5.92 Å². The van der Waals surface area contributed by atoms with Crippen LogP contribution in [0.4, 0.5) is 5.69 Å². The number of carbonyl (C=O) groups is 1. The summed E-state index contributed by atoms with van der Waals surface area (Å²) < 4.78 is 25.3. The zero-order valence-electron chi connectivity index (χ0n) is 11.4. The highest BCUT2D eigenvalue weighted by atomic mass is 32.2. The third-order valence-corrected chi connectivity index (χ3v) is 4.74. The third-order valence-electron chi connectivity index (χ3n) is 3.60. The molecule has 20 heavy (non-hydrogen) atoms. The average molecular weight is 297 g/mol. The molecule has 1 aromatic carbocycles.